The molecule has 0 amide bonds. The van der Waals surface area contributed by atoms with Gasteiger partial charge in [0.2, 0.25) is 10.0 Å². The number of ether oxygens (including phenoxy) is 1. The molecule has 1 fully saturated rings. The first-order valence-electron chi connectivity index (χ1n) is 8.29. The first-order chi connectivity index (χ1) is 13.4. The zero-order chi connectivity index (χ0) is 20.1. The number of nitro groups is 1. The quantitative estimate of drug-likeness (QED) is 0.273. The van der Waals surface area contributed by atoms with Crippen molar-refractivity contribution in [2.45, 2.75) is 4.90 Å². The maximum atomic E-state index is 13.0. The van der Waals surface area contributed by atoms with E-state index in [-0.39, 0.29) is 42.6 Å². The number of morpholine rings is 1. The van der Waals surface area contributed by atoms with Gasteiger partial charge in [-0.3, -0.25) is 15.5 Å². The third-order valence-corrected chi connectivity index (χ3v) is 6.69. The Hall–Kier alpha value is -2.09. The van der Waals surface area contributed by atoms with E-state index in [0.717, 1.165) is 15.2 Å². The lowest BCUT2D eigenvalue weighted by Gasteiger charge is -2.26. The average molecular weight is 516 g/mol. The van der Waals surface area contributed by atoms with E-state index < -0.39 is 14.9 Å². The number of hydrogen-bond acceptors (Lipinski definition) is 7. The number of halogens is 1. The lowest BCUT2D eigenvalue weighted by atomic mass is 10.2. The number of non-ortho nitro benzene ring substituents is 1. The first kappa shape index (κ1) is 20.6. The van der Waals surface area contributed by atoms with E-state index in [4.69, 9.17) is 4.74 Å². The first-order valence-corrected chi connectivity index (χ1v) is 10.8. The van der Waals surface area contributed by atoms with Crippen molar-refractivity contribution in [3.63, 3.8) is 0 Å². The molecule has 2 aromatic carbocycles. The highest BCUT2D eigenvalue weighted by Gasteiger charge is 2.30. The van der Waals surface area contributed by atoms with Crippen LogP contribution in [0, 0.1) is 13.7 Å². The van der Waals surface area contributed by atoms with Gasteiger partial charge in [0.15, 0.2) is 0 Å². The Labute approximate surface area is 175 Å². The second kappa shape index (κ2) is 8.94. The molecule has 148 valence electrons. The topological polar surface area (TPSA) is 114 Å². The predicted octanol–water partition coefficient (Wildman–Crippen LogP) is 2.67. The summed E-state index contributed by atoms with van der Waals surface area (Å²) < 4.78 is 33.5. The van der Waals surface area contributed by atoms with Crippen molar-refractivity contribution in [3.8, 4) is 0 Å². The molecular formula is C17H17IN4O5S. The van der Waals surface area contributed by atoms with Crippen LogP contribution in [0.15, 0.2) is 52.5 Å². The zero-order valence-corrected chi connectivity index (χ0v) is 17.6. The molecule has 0 saturated carbocycles. The van der Waals surface area contributed by atoms with Gasteiger partial charge in [-0.05, 0) is 46.4 Å². The van der Waals surface area contributed by atoms with Gasteiger partial charge in [-0.15, -0.1) is 0 Å². The second-order valence-corrected chi connectivity index (χ2v) is 9.03. The van der Waals surface area contributed by atoms with Crippen molar-refractivity contribution >= 4 is 50.2 Å². The van der Waals surface area contributed by atoms with E-state index in [9.17, 15) is 18.5 Å². The van der Waals surface area contributed by atoms with Crippen molar-refractivity contribution in [2.75, 3.05) is 31.7 Å². The molecule has 1 aliphatic heterocycles. The van der Waals surface area contributed by atoms with Gasteiger partial charge in [0.1, 0.15) is 4.90 Å². The molecular weight excluding hydrogens is 499 g/mol. The SMILES string of the molecule is O=[N+]([O-])c1ccc(NN=Cc2ccc(I)cc2)c(S(=O)(=O)N2CCOCC2)c1. The standard InChI is InChI=1S/C17H17IN4O5S/c18-14-3-1-13(2-4-14)12-19-20-16-6-5-15(22(23)24)11-17(16)28(25,26)21-7-9-27-10-8-21/h1-6,11-12,20H,7-10H2. The van der Waals surface area contributed by atoms with Crippen LogP contribution >= 0.6 is 22.6 Å². The summed E-state index contributed by atoms with van der Waals surface area (Å²) >= 11 is 2.19. The number of benzene rings is 2. The zero-order valence-electron chi connectivity index (χ0n) is 14.6. The minimum atomic E-state index is -3.94. The number of hydrogen-bond donors (Lipinski definition) is 1. The van der Waals surface area contributed by atoms with Crippen LogP contribution in [0.25, 0.3) is 0 Å². The molecule has 0 unspecified atom stereocenters. The fraction of sp³-hybridized carbons (Fsp3) is 0.235. The Bertz CT molecular complexity index is 989. The summed E-state index contributed by atoms with van der Waals surface area (Å²) in [4.78, 5) is 10.3. The molecule has 2 aromatic rings. The van der Waals surface area contributed by atoms with Gasteiger partial charge in [0.05, 0.1) is 30.0 Å². The van der Waals surface area contributed by atoms with E-state index in [1.165, 1.54) is 16.4 Å². The van der Waals surface area contributed by atoms with Gasteiger partial charge in [0.25, 0.3) is 5.69 Å². The highest BCUT2D eigenvalue weighted by atomic mass is 127. The monoisotopic (exact) mass is 516 g/mol. The van der Waals surface area contributed by atoms with Crippen molar-refractivity contribution in [2.24, 2.45) is 5.10 Å². The number of rotatable bonds is 6. The Morgan fingerprint density at radius 1 is 1.18 bits per heavy atom. The molecule has 3 rings (SSSR count). The Kier molecular flexibility index (Phi) is 6.59. The van der Waals surface area contributed by atoms with Crippen LogP contribution in [0.5, 0.6) is 0 Å². The predicted molar refractivity (Wildman–Crippen MR) is 113 cm³/mol. The normalized spacial score (nSPS) is 15.6. The van der Waals surface area contributed by atoms with Gasteiger partial charge in [-0.25, -0.2) is 8.42 Å². The molecule has 0 atom stereocenters. The number of nitrogens with one attached hydrogen (secondary N) is 1. The van der Waals surface area contributed by atoms with Crippen LogP contribution in [-0.2, 0) is 14.8 Å². The van der Waals surface area contributed by atoms with Crippen molar-refractivity contribution in [1.82, 2.24) is 4.31 Å². The average Bonchev–Trinajstić information content (AvgIpc) is 2.70. The summed E-state index contributed by atoms with van der Waals surface area (Å²) in [6.07, 6.45) is 1.54. The van der Waals surface area contributed by atoms with Crippen LogP contribution in [0.2, 0.25) is 0 Å². The Morgan fingerprint density at radius 2 is 1.86 bits per heavy atom. The number of hydrazone groups is 1. The van der Waals surface area contributed by atoms with E-state index in [1.807, 2.05) is 24.3 Å². The molecule has 0 bridgehead atoms. The lowest BCUT2D eigenvalue weighted by molar-refractivity contribution is -0.385. The molecule has 1 heterocycles. The van der Waals surface area contributed by atoms with E-state index in [1.54, 1.807) is 6.21 Å². The summed E-state index contributed by atoms with van der Waals surface area (Å²) in [5.41, 5.74) is 3.38. The van der Waals surface area contributed by atoms with Crippen LogP contribution < -0.4 is 5.43 Å². The van der Waals surface area contributed by atoms with Gasteiger partial charge in [0, 0.05) is 28.8 Å². The highest BCUT2D eigenvalue weighted by Crippen LogP contribution is 2.29. The van der Waals surface area contributed by atoms with E-state index in [0.29, 0.717) is 0 Å². The van der Waals surface area contributed by atoms with Crippen LogP contribution in [-0.4, -0.2) is 50.2 Å². The molecule has 11 heteroatoms. The summed E-state index contributed by atoms with van der Waals surface area (Å²) in [5, 5.41) is 15.2. The molecule has 9 nitrogen and oxygen atoms in total. The number of sulfonamides is 1. The number of nitrogens with zero attached hydrogens (tertiary/aromatic N) is 3. The number of anilines is 1. The molecule has 1 N–H and O–H groups in total. The second-order valence-electron chi connectivity index (χ2n) is 5.88. The van der Waals surface area contributed by atoms with Gasteiger partial charge >= 0.3 is 0 Å². The summed E-state index contributed by atoms with van der Waals surface area (Å²) in [5.74, 6) is 0. The lowest BCUT2D eigenvalue weighted by Crippen LogP contribution is -2.40. The van der Waals surface area contributed by atoms with Crippen LogP contribution in [0.1, 0.15) is 5.56 Å². The van der Waals surface area contributed by atoms with Gasteiger partial charge < -0.3 is 4.74 Å². The van der Waals surface area contributed by atoms with Gasteiger partial charge in [-0.2, -0.15) is 9.41 Å². The third kappa shape index (κ3) is 4.84. The minimum absolute atomic E-state index is 0.166. The van der Waals surface area contributed by atoms with Crippen molar-refractivity contribution < 1.29 is 18.1 Å². The third-order valence-electron chi connectivity index (χ3n) is 4.03. The molecule has 28 heavy (non-hydrogen) atoms. The molecule has 0 aromatic heterocycles. The molecule has 0 aliphatic carbocycles. The number of nitro benzene ring substituents is 1. The highest BCUT2D eigenvalue weighted by molar-refractivity contribution is 14.1. The van der Waals surface area contributed by atoms with Crippen LogP contribution in [0.3, 0.4) is 0 Å². The summed E-state index contributed by atoms with van der Waals surface area (Å²) in [6, 6.07) is 11.2. The molecule has 0 radical (unpaired) electrons. The summed E-state index contributed by atoms with van der Waals surface area (Å²) in [7, 11) is -3.94. The van der Waals surface area contributed by atoms with Crippen molar-refractivity contribution in [3.05, 3.63) is 61.7 Å². The fourth-order valence-corrected chi connectivity index (χ4v) is 4.51. The van der Waals surface area contributed by atoms with Gasteiger partial charge in [-0.1, -0.05) is 12.1 Å². The Morgan fingerprint density at radius 3 is 2.50 bits per heavy atom. The summed E-state index contributed by atoms with van der Waals surface area (Å²) in [6.45, 7) is 0.941. The minimum Gasteiger partial charge on any atom is -0.379 e. The van der Waals surface area contributed by atoms with Crippen LogP contribution in [0.4, 0.5) is 11.4 Å². The van der Waals surface area contributed by atoms with Crippen molar-refractivity contribution in [1.29, 1.82) is 0 Å². The largest absolute Gasteiger partial charge is 0.379 e. The smallest absolute Gasteiger partial charge is 0.270 e. The maximum absolute atomic E-state index is 13.0. The van der Waals surface area contributed by atoms with E-state index >= 15 is 0 Å². The Balaban J connectivity index is 1.91. The molecule has 0 spiro atoms. The fourth-order valence-electron chi connectivity index (χ4n) is 2.58. The molecule has 1 aliphatic rings. The molecule has 1 saturated heterocycles. The van der Waals surface area contributed by atoms with E-state index in [2.05, 4.69) is 33.1 Å². The maximum Gasteiger partial charge on any atom is 0.270 e.